The molecule has 0 radical (unpaired) electrons. The van der Waals surface area contributed by atoms with E-state index in [9.17, 15) is 9.59 Å². The number of para-hydroxylation sites is 1. The first-order valence-electron chi connectivity index (χ1n) is 9.34. The summed E-state index contributed by atoms with van der Waals surface area (Å²) in [6.07, 6.45) is 2.29. The van der Waals surface area contributed by atoms with Gasteiger partial charge in [-0.1, -0.05) is 30.3 Å². The maximum Gasteiger partial charge on any atom is 0.315 e. The van der Waals surface area contributed by atoms with E-state index in [1.165, 1.54) is 5.56 Å². The van der Waals surface area contributed by atoms with Crippen LogP contribution in [0.4, 0.5) is 10.5 Å². The largest absolute Gasteiger partial charge is 0.488 e. The number of fused-ring (bicyclic) bond motifs is 1. The minimum Gasteiger partial charge on any atom is -0.488 e. The molecule has 140 valence electrons. The van der Waals surface area contributed by atoms with E-state index in [-0.39, 0.29) is 18.0 Å². The summed E-state index contributed by atoms with van der Waals surface area (Å²) < 4.78 is 5.82. The molecule has 6 heteroatoms. The van der Waals surface area contributed by atoms with Crippen LogP contribution in [0.2, 0.25) is 0 Å². The molecular weight excluding hydrogens is 342 g/mol. The van der Waals surface area contributed by atoms with Crippen LogP contribution in [0.3, 0.4) is 0 Å². The summed E-state index contributed by atoms with van der Waals surface area (Å²) in [6.45, 7) is 1.64. The highest BCUT2D eigenvalue weighted by Gasteiger charge is 2.23. The quantitative estimate of drug-likeness (QED) is 0.856. The van der Waals surface area contributed by atoms with Gasteiger partial charge >= 0.3 is 6.03 Å². The van der Waals surface area contributed by atoms with Crippen molar-refractivity contribution >= 4 is 17.6 Å². The summed E-state index contributed by atoms with van der Waals surface area (Å²) in [4.78, 5) is 25.8. The number of hydrogen-bond acceptors (Lipinski definition) is 3. The maximum absolute atomic E-state index is 12.1. The van der Waals surface area contributed by atoms with Gasteiger partial charge in [-0.05, 0) is 35.7 Å². The molecule has 1 atom stereocenters. The average Bonchev–Trinajstić information content (AvgIpc) is 3.30. The number of benzene rings is 2. The normalized spacial score (nSPS) is 18.1. The van der Waals surface area contributed by atoms with E-state index in [0.717, 1.165) is 36.4 Å². The van der Waals surface area contributed by atoms with Crippen LogP contribution >= 0.6 is 0 Å². The minimum atomic E-state index is -0.225. The van der Waals surface area contributed by atoms with E-state index < -0.39 is 0 Å². The Bertz CT molecular complexity index is 827. The molecule has 3 amide bonds. The fraction of sp³-hybridized carbons (Fsp3) is 0.333. The van der Waals surface area contributed by atoms with Crippen molar-refractivity contribution in [3.05, 3.63) is 59.7 Å². The van der Waals surface area contributed by atoms with Crippen molar-refractivity contribution in [3.63, 3.8) is 0 Å². The third kappa shape index (κ3) is 4.05. The number of rotatable bonds is 5. The second kappa shape index (κ2) is 7.70. The summed E-state index contributed by atoms with van der Waals surface area (Å²) in [7, 11) is 0. The SMILES string of the molecule is O=C(NCc1cccc(N2CCCC2=O)c1)NC[C@@H]1Cc2ccccc2O1. The van der Waals surface area contributed by atoms with Crippen LogP contribution in [-0.2, 0) is 17.8 Å². The van der Waals surface area contributed by atoms with E-state index in [1.807, 2.05) is 48.5 Å². The molecule has 0 aliphatic carbocycles. The summed E-state index contributed by atoms with van der Waals surface area (Å²) in [5.41, 5.74) is 3.04. The number of nitrogens with zero attached hydrogens (tertiary/aromatic N) is 1. The minimum absolute atomic E-state index is 0.0299. The number of anilines is 1. The molecule has 2 aromatic carbocycles. The predicted molar refractivity (Wildman–Crippen MR) is 103 cm³/mol. The fourth-order valence-electron chi connectivity index (χ4n) is 3.57. The van der Waals surface area contributed by atoms with Crippen LogP contribution in [0.5, 0.6) is 5.75 Å². The second-order valence-corrected chi connectivity index (χ2v) is 6.93. The lowest BCUT2D eigenvalue weighted by atomic mass is 10.1. The van der Waals surface area contributed by atoms with Crippen LogP contribution in [0, 0.1) is 0 Å². The van der Waals surface area contributed by atoms with Gasteiger partial charge in [-0.15, -0.1) is 0 Å². The molecule has 2 aliphatic heterocycles. The Labute approximate surface area is 158 Å². The zero-order valence-electron chi connectivity index (χ0n) is 15.1. The zero-order valence-corrected chi connectivity index (χ0v) is 15.1. The van der Waals surface area contributed by atoms with Crippen LogP contribution in [0.25, 0.3) is 0 Å². The number of urea groups is 1. The standard InChI is InChI=1S/C21H23N3O3/c25-20-9-4-10-24(20)17-7-3-5-15(11-17)13-22-21(26)23-14-18-12-16-6-1-2-8-19(16)27-18/h1-3,5-8,11,18H,4,9-10,12-14H2,(H2,22,23,26)/t18-/m0/s1. The van der Waals surface area contributed by atoms with Gasteiger partial charge in [0.25, 0.3) is 0 Å². The molecule has 1 saturated heterocycles. The van der Waals surface area contributed by atoms with Gasteiger partial charge in [-0.25, -0.2) is 4.79 Å². The summed E-state index contributed by atoms with van der Waals surface area (Å²) >= 11 is 0. The van der Waals surface area contributed by atoms with E-state index in [4.69, 9.17) is 4.74 Å². The van der Waals surface area contributed by atoms with Gasteiger partial charge in [-0.2, -0.15) is 0 Å². The third-order valence-electron chi connectivity index (χ3n) is 4.95. The highest BCUT2D eigenvalue weighted by Crippen LogP contribution is 2.27. The first-order chi connectivity index (χ1) is 13.2. The van der Waals surface area contributed by atoms with Crippen molar-refractivity contribution in [2.75, 3.05) is 18.0 Å². The fourth-order valence-corrected chi connectivity index (χ4v) is 3.57. The van der Waals surface area contributed by atoms with Crippen molar-refractivity contribution in [3.8, 4) is 5.75 Å². The Morgan fingerprint density at radius 2 is 2.04 bits per heavy atom. The smallest absolute Gasteiger partial charge is 0.315 e. The zero-order chi connectivity index (χ0) is 18.6. The molecule has 0 saturated carbocycles. The van der Waals surface area contributed by atoms with Gasteiger partial charge in [0.05, 0.1) is 6.54 Å². The average molecular weight is 365 g/mol. The molecule has 27 heavy (non-hydrogen) atoms. The highest BCUT2D eigenvalue weighted by molar-refractivity contribution is 5.95. The van der Waals surface area contributed by atoms with Crippen LogP contribution < -0.4 is 20.3 Å². The molecule has 2 heterocycles. The van der Waals surface area contributed by atoms with Gasteiger partial charge < -0.3 is 20.3 Å². The molecule has 2 N–H and O–H groups in total. The number of carbonyl (C=O) groups excluding carboxylic acids is 2. The van der Waals surface area contributed by atoms with Crippen molar-refractivity contribution < 1.29 is 14.3 Å². The molecule has 2 aliphatic rings. The van der Waals surface area contributed by atoms with Crippen LogP contribution in [0.1, 0.15) is 24.0 Å². The molecule has 4 rings (SSSR count). The van der Waals surface area contributed by atoms with Gasteiger partial charge in [0.1, 0.15) is 11.9 Å². The van der Waals surface area contributed by atoms with Crippen molar-refractivity contribution in [2.24, 2.45) is 0 Å². The third-order valence-corrected chi connectivity index (χ3v) is 4.95. The van der Waals surface area contributed by atoms with Gasteiger partial charge in [-0.3, -0.25) is 4.79 Å². The number of nitrogens with one attached hydrogen (secondary N) is 2. The Morgan fingerprint density at radius 3 is 2.85 bits per heavy atom. The lowest BCUT2D eigenvalue weighted by Crippen LogP contribution is -2.40. The Kier molecular flexibility index (Phi) is 4.96. The number of amides is 3. The number of ether oxygens (including phenoxy) is 1. The topological polar surface area (TPSA) is 70.7 Å². The molecule has 1 fully saturated rings. The maximum atomic E-state index is 12.1. The van der Waals surface area contributed by atoms with Crippen LogP contribution in [-0.4, -0.2) is 31.1 Å². The first-order valence-corrected chi connectivity index (χ1v) is 9.34. The van der Waals surface area contributed by atoms with Crippen molar-refractivity contribution in [1.29, 1.82) is 0 Å². The van der Waals surface area contributed by atoms with Gasteiger partial charge in [0, 0.05) is 31.6 Å². The van der Waals surface area contributed by atoms with Gasteiger partial charge in [0.15, 0.2) is 0 Å². The van der Waals surface area contributed by atoms with E-state index in [0.29, 0.717) is 19.5 Å². The summed E-state index contributed by atoms with van der Waals surface area (Å²) in [6, 6.07) is 15.5. The molecule has 0 bridgehead atoms. The second-order valence-electron chi connectivity index (χ2n) is 6.93. The monoisotopic (exact) mass is 365 g/mol. The Balaban J connectivity index is 1.25. The van der Waals surface area contributed by atoms with Crippen molar-refractivity contribution in [2.45, 2.75) is 31.9 Å². The molecule has 6 nitrogen and oxygen atoms in total. The summed E-state index contributed by atoms with van der Waals surface area (Å²) in [5, 5.41) is 5.73. The lowest BCUT2D eigenvalue weighted by Gasteiger charge is -2.17. The predicted octanol–water partition coefficient (Wildman–Crippen LogP) is 2.62. The molecule has 0 unspecified atom stereocenters. The Morgan fingerprint density at radius 1 is 1.15 bits per heavy atom. The molecule has 2 aromatic rings. The number of carbonyl (C=O) groups is 2. The molecular formula is C21H23N3O3. The number of hydrogen-bond donors (Lipinski definition) is 2. The van der Waals surface area contributed by atoms with Gasteiger partial charge in [0.2, 0.25) is 5.91 Å². The Hall–Kier alpha value is -3.02. The van der Waals surface area contributed by atoms with Crippen molar-refractivity contribution in [1.82, 2.24) is 10.6 Å². The molecule has 0 aromatic heterocycles. The first kappa shape index (κ1) is 17.4. The summed E-state index contributed by atoms with van der Waals surface area (Å²) in [5.74, 6) is 1.06. The van der Waals surface area contributed by atoms with Crippen LogP contribution in [0.15, 0.2) is 48.5 Å². The highest BCUT2D eigenvalue weighted by atomic mass is 16.5. The lowest BCUT2D eigenvalue weighted by molar-refractivity contribution is -0.117. The molecule has 0 spiro atoms. The van der Waals surface area contributed by atoms with E-state index in [1.54, 1.807) is 4.90 Å². The van der Waals surface area contributed by atoms with E-state index >= 15 is 0 Å². The van der Waals surface area contributed by atoms with E-state index in [2.05, 4.69) is 10.6 Å².